The van der Waals surface area contributed by atoms with Crippen molar-refractivity contribution in [2.24, 2.45) is 5.73 Å². The Morgan fingerprint density at radius 2 is 1.44 bits per heavy atom. The average molecular weight is 489 g/mol. The van der Waals surface area contributed by atoms with Gasteiger partial charge < -0.3 is 31.9 Å². The molecule has 0 aliphatic carbocycles. The van der Waals surface area contributed by atoms with Gasteiger partial charge in [-0.2, -0.15) is 12.6 Å². The number of nitrogens with one attached hydrogen (secondary N) is 3. The molecule has 0 fully saturated rings. The summed E-state index contributed by atoms with van der Waals surface area (Å²) in [5.41, 5.74) is 6.89. The molecule has 7 N–H and O–H groups in total. The molecule has 3 atom stereocenters. The van der Waals surface area contributed by atoms with E-state index in [0.29, 0.717) is 5.56 Å². The molecule has 0 radical (unpaired) electrons. The third-order valence-corrected chi connectivity index (χ3v) is 5.28. The minimum absolute atomic E-state index is 0.0274. The number of benzene rings is 2. The number of rotatable bonds is 12. The van der Waals surface area contributed by atoms with Crippen LogP contribution in [0.5, 0.6) is 5.75 Å². The Morgan fingerprint density at radius 3 is 2.03 bits per heavy atom. The summed E-state index contributed by atoms with van der Waals surface area (Å²) in [5.74, 6) is -3.03. The van der Waals surface area contributed by atoms with E-state index in [1.165, 1.54) is 12.1 Å². The molecule has 0 bridgehead atoms. The molecule has 0 aliphatic rings. The summed E-state index contributed by atoms with van der Waals surface area (Å²) in [5, 5.41) is 26.4. The van der Waals surface area contributed by atoms with Gasteiger partial charge in [0.15, 0.2) is 0 Å². The molecular formula is C23H28N4O6S. The number of aromatic hydroxyl groups is 1. The second kappa shape index (κ2) is 13.2. The zero-order valence-electron chi connectivity index (χ0n) is 18.3. The highest BCUT2D eigenvalue weighted by Crippen LogP contribution is 2.12. The van der Waals surface area contributed by atoms with Crippen molar-refractivity contribution in [1.82, 2.24) is 16.0 Å². The van der Waals surface area contributed by atoms with Crippen LogP contribution in [-0.2, 0) is 32.0 Å². The SMILES string of the molecule is N[C@@H](CS)C(=O)NCC(=O)N[C@@H](Cc1ccc(O)cc1)C(=O)N[C@@H](Cc1ccccc1)C(=O)O. The topological polar surface area (TPSA) is 171 Å². The third kappa shape index (κ3) is 8.75. The second-order valence-electron chi connectivity index (χ2n) is 7.59. The average Bonchev–Trinajstić information content (AvgIpc) is 2.83. The van der Waals surface area contributed by atoms with Crippen LogP contribution in [0.1, 0.15) is 11.1 Å². The molecule has 0 aromatic heterocycles. The molecule has 182 valence electrons. The number of phenols is 1. The molecule has 0 saturated carbocycles. The summed E-state index contributed by atoms with van der Waals surface area (Å²) >= 11 is 3.92. The highest BCUT2D eigenvalue weighted by Gasteiger charge is 2.27. The first-order valence-corrected chi connectivity index (χ1v) is 11.1. The van der Waals surface area contributed by atoms with Crippen molar-refractivity contribution in [2.45, 2.75) is 31.0 Å². The largest absolute Gasteiger partial charge is 0.508 e. The van der Waals surface area contributed by atoms with Crippen molar-refractivity contribution >= 4 is 36.3 Å². The fourth-order valence-electron chi connectivity index (χ4n) is 3.03. The van der Waals surface area contributed by atoms with Crippen molar-refractivity contribution in [2.75, 3.05) is 12.3 Å². The summed E-state index contributed by atoms with van der Waals surface area (Å²) in [6.07, 6.45) is 0.0824. The lowest BCUT2D eigenvalue weighted by molar-refractivity contribution is -0.142. The molecule has 10 nitrogen and oxygen atoms in total. The van der Waals surface area contributed by atoms with Gasteiger partial charge in [-0.1, -0.05) is 42.5 Å². The first kappa shape index (κ1) is 26.7. The molecule has 0 aliphatic heterocycles. The van der Waals surface area contributed by atoms with Crippen LogP contribution in [0.3, 0.4) is 0 Å². The van der Waals surface area contributed by atoms with Gasteiger partial charge >= 0.3 is 5.97 Å². The van der Waals surface area contributed by atoms with Gasteiger partial charge in [-0.25, -0.2) is 4.79 Å². The van der Waals surface area contributed by atoms with E-state index in [4.69, 9.17) is 5.73 Å². The zero-order valence-corrected chi connectivity index (χ0v) is 19.2. The number of phenolic OH excluding ortho intramolecular Hbond substituents is 1. The van der Waals surface area contributed by atoms with Crippen LogP contribution in [0.4, 0.5) is 0 Å². The maximum atomic E-state index is 13.0. The number of amides is 3. The maximum absolute atomic E-state index is 13.0. The standard InChI is InChI=1S/C23H28N4O6S/c24-17(13-34)21(30)25-12-20(29)26-18(10-15-6-8-16(28)9-7-15)22(31)27-19(23(32)33)11-14-4-2-1-3-5-14/h1-9,17-19,28,34H,10-13,24H2,(H,25,30)(H,26,29)(H,27,31)(H,32,33)/t17-,18-,19-/m0/s1. The van der Waals surface area contributed by atoms with Gasteiger partial charge in [0, 0.05) is 18.6 Å². The van der Waals surface area contributed by atoms with E-state index >= 15 is 0 Å². The highest BCUT2D eigenvalue weighted by atomic mass is 32.1. The lowest BCUT2D eigenvalue weighted by Gasteiger charge is -2.22. The summed E-state index contributed by atoms with van der Waals surface area (Å²) in [6.45, 7) is -0.425. The monoisotopic (exact) mass is 488 g/mol. The van der Waals surface area contributed by atoms with Crippen LogP contribution in [-0.4, -0.2) is 64.3 Å². The van der Waals surface area contributed by atoms with Crippen LogP contribution in [0.25, 0.3) is 0 Å². The molecule has 11 heteroatoms. The van der Waals surface area contributed by atoms with Crippen LogP contribution in [0.15, 0.2) is 54.6 Å². The van der Waals surface area contributed by atoms with Crippen LogP contribution < -0.4 is 21.7 Å². The lowest BCUT2D eigenvalue weighted by atomic mass is 10.0. The molecule has 2 aromatic carbocycles. The number of carboxylic acid groups (broad SMARTS) is 1. The van der Waals surface area contributed by atoms with Gasteiger partial charge in [0.05, 0.1) is 12.6 Å². The maximum Gasteiger partial charge on any atom is 0.326 e. The van der Waals surface area contributed by atoms with Gasteiger partial charge in [-0.3, -0.25) is 14.4 Å². The van der Waals surface area contributed by atoms with Gasteiger partial charge in [0.2, 0.25) is 17.7 Å². The van der Waals surface area contributed by atoms with E-state index in [1.54, 1.807) is 42.5 Å². The number of carboxylic acids is 1. The summed E-state index contributed by atoms with van der Waals surface area (Å²) in [6, 6.07) is 11.6. The molecule has 0 saturated heterocycles. The predicted octanol–water partition coefficient (Wildman–Crippen LogP) is -0.395. The minimum atomic E-state index is -1.22. The van der Waals surface area contributed by atoms with E-state index < -0.39 is 48.4 Å². The Kier molecular flexibility index (Phi) is 10.4. The summed E-state index contributed by atoms with van der Waals surface area (Å²) < 4.78 is 0. The normalized spacial score (nSPS) is 13.2. The van der Waals surface area contributed by atoms with Crippen molar-refractivity contribution in [3.8, 4) is 5.75 Å². The molecule has 34 heavy (non-hydrogen) atoms. The molecule has 3 amide bonds. The number of hydrogen-bond donors (Lipinski definition) is 7. The summed E-state index contributed by atoms with van der Waals surface area (Å²) in [4.78, 5) is 48.9. The Bertz CT molecular complexity index is 987. The summed E-state index contributed by atoms with van der Waals surface area (Å²) in [7, 11) is 0. The Hall–Kier alpha value is -3.57. The van der Waals surface area contributed by atoms with E-state index in [1.807, 2.05) is 0 Å². The Balaban J connectivity index is 2.12. The zero-order chi connectivity index (χ0) is 25.1. The van der Waals surface area contributed by atoms with Crippen LogP contribution in [0.2, 0.25) is 0 Å². The smallest absolute Gasteiger partial charge is 0.326 e. The van der Waals surface area contributed by atoms with Crippen molar-refractivity contribution < 1.29 is 29.4 Å². The van der Waals surface area contributed by atoms with Crippen LogP contribution in [0, 0.1) is 0 Å². The number of carbonyl (C=O) groups excluding carboxylic acids is 3. The molecule has 0 heterocycles. The van der Waals surface area contributed by atoms with E-state index in [-0.39, 0.29) is 24.3 Å². The van der Waals surface area contributed by atoms with E-state index in [9.17, 15) is 29.4 Å². The lowest BCUT2D eigenvalue weighted by Crippen LogP contribution is -2.55. The molecule has 0 unspecified atom stereocenters. The fourth-order valence-corrected chi connectivity index (χ4v) is 3.19. The van der Waals surface area contributed by atoms with Crippen molar-refractivity contribution in [3.63, 3.8) is 0 Å². The first-order valence-electron chi connectivity index (χ1n) is 10.5. The van der Waals surface area contributed by atoms with Crippen molar-refractivity contribution in [3.05, 3.63) is 65.7 Å². The van der Waals surface area contributed by atoms with E-state index in [2.05, 4.69) is 28.6 Å². The van der Waals surface area contributed by atoms with Crippen molar-refractivity contribution in [1.29, 1.82) is 0 Å². The predicted molar refractivity (Wildman–Crippen MR) is 128 cm³/mol. The van der Waals surface area contributed by atoms with Gasteiger partial charge in [0.25, 0.3) is 0 Å². The third-order valence-electron chi connectivity index (χ3n) is 4.88. The molecule has 0 spiro atoms. The quantitative estimate of drug-likeness (QED) is 0.199. The highest BCUT2D eigenvalue weighted by molar-refractivity contribution is 7.80. The van der Waals surface area contributed by atoms with Gasteiger partial charge in [0.1, 0.15) is 17.8 Å². The van der Waals surface area contributed by atoms with Gasteiger partial charge in [-0.15, -0.1) is 0 Å². The molecular weight excluding hydrogens is 460 g/mol. The van der Waals surface area contributed by atoms with E-state index in [0.717, 1.165) is 5.56 Å². The molecule has 2 rings (SSSR count). The number of nitrogens with two attached hydrogens (primary N) is 1. The number of carbonyl (C=O) groups is 4. The minimum Gasteiger partial charge on any atom is -0.508 e. The van der Waals surface area contributed by atoms with Crippen LogP contribution >= 0.6 is 12.6 Å². The van der Waals surface area contributed by atoms with Gasteiger partial charge in [-0.05, 0) is 23.3 Å². The Morgan fingerprint density at radius 1 is 0.853 bits per heavy atom. The fraction of sp³-hybridized carbons (Fsp3) is 0.304. The first-order chi connectivity index (χ1) is 16.2. The number of hydrogen-bond acceptors (Lipinski definition) is 7. The second-order valence-corrected chi connectivity index (χ2v) is 7.95. The number of aliphatic carboxylic acids is 1. The Labute approximate surface area is 202 Å². The molecule has 2 aromatic rings. The number of thiol groups is 1.